The van der Waals surface area contributed by atoms with E-state index in [1.165, 1.54) is 6.20 Å². The molecule has 0 bridgehead atoms. The molecule has 1 aromatic heterocycles. The van der Waals surface area contributed by atoms with Crippen molar-refractivity contribution >= 4 is 21.6 Å². The summed E-state index contributed by atoms with van der Waals surface area (Å²) in [6, 6.07) is 0. The van der Waals surface area contributed by atoms with Gasteiger partial charge >= 0.3 is 0 Å². The largest absolute Gasteiger partial charge is 0.396 e. The third-order valence-electron chi connectivity index (χ3n) is 2.34. The fourth-order valence-electron chi connectivity index (χ4n) is 1.36. The van der Waals surface area contributed by atoms with Gasteiger partial charge in [-0.3, -0.25) is 4.79 Å². The van der Waals surface area contributed by atoms with Gasteiger partial charge in [-0.05, 0) is 0 Å². The van der Waals surface area contributed by atoms with Gasteiger partial charge in [-0.15, -0.1) is 0 Å². The van der Waals surface area contributed by atoms with Crippen molar-refractivity contribution in [2.75, 3.05) is 25.1 Å². The summed E-state index contributed by atoms with van der Waals surface area (Å²) in [6.07, 6.45) is 2.44. The Balaban J connectivity index is 2.65. The molecule has 0 aliphatic rings. The molecule has 0 radical (unpaired) electrons. The van der Waals surface area contributed by atoms with E-state index in [9.17, 15) is 13.2 Å². The van der Waals surface area contributed by atoms with Crippen LogP contribution in [0.1, 0.15) is 36.1 Å². The van der Waals surface area contributed by atoms with Gasteiger partial charge in [0.2, 0.25) is 10.0 Å². The summed E-state index contributed by atoms with van der Waals surface area (Å²) in [7, 11) is -3.26. The average Bonchev–Trinajstić information content (AvgIpc) is 2.33. The molecule has 8 nitrogen and oxygen atoms in total. The normalized spacial score (nSPS) is 11.6. The number of rotatable bonds is 6. The number of aromatic nitrogens is 2. The minimum absolute atomic E-state index is 0.0778. The summed E-state index contributed by atoms with van der Waals surface area (Å²) in [5.74, 6) is 0.148. The molecule has 1 amide bonds. The fraction of sp³-hybridized carbons (Fsp3) is 0.545. The first-order valence-corrected chi connectivity index (χ1v) is 7.95. The molecule has 0 saturated carbocycles. The number of nitrogens with two attached hydrogens (primary N) is 1. The van der Waals surface area contributed by atoms with Gasteiger partial charge in [-0.1, -0.05) is 13.8 Å². The van der Waals surface area contributed by atoms with Crippen LogP contribution in [0.5, 0.6) is 0 Å². The third-order valence-corrected chi connectivity index (χ3v) is 3.07. The molecule has 112 valence electrons. The highest BCUT2D eigenvalue weighted by Crippen LogP contribution is 2.13. The van der Waals surface area contributed by atoms with Crippen molar-refractivity contribution in [2.24, 2.45) is 0 Å². The average molecular weight is 301 g/mol. The number of nitrogen functional groups attached to an aromatic ring is 1. The van der Waals surface area contributed by atoms with Gasteiger partial charge in [-0.2, -0.15) is 0 Å². The molecule has 0 saturated heterocycles. The maximum atomic E-state index is 11.9. The molecule has 9 heteroatoms. The second kappa shape index (κ2) is 6.62. The van der Waals surface area contributed by atoms with Gasteiger partial charge in [0.15, 0.2) is 5.69 Å². The molecule has 1 aromatic rings. The van der Waals surface area contributed by atoms with Gasteiger partial charge in [-0.25, -0.2) is 23.1 Å². The predicted octanol–water partition coefficient (Wildman–Crippen LogP) is -0.539. The number of anilines is 1. The highest BCUT2D eigenvalue weighted by atomic mass is 32.2. The number of sulfonamides is 1. The Labute approximate surface area is 118 Å². The van der Waals surface area contributed by atoms with Crippen LogP contribution in [0, 0.1) is 0 Å². The van der Waals surface area contributed by atoms with Gasteiger partial charge in [0.1, 0.15) is 5.82 Å². The quantitative estimate of drug-likeness (QED) is 0.606. The molecule has 1 heterocycles. The Morgan fingerprint density at radius 2 is 2.05 bits per heavy atom. The zero-order valence-electron chi connectivity index (χ0n) is 11.7. The summed E-state index contributed by atoms with van der Waals surface area (Å²) in [6.45, 7) is 4.06. The number of amides is 1. The van der Waals surface area contributed by atoms with Crippen LogP contribution in [0.15, 0.2) is 6.20 Å². The topological polar surface area (TPSA) is 127 Å². The first-order valence-electron chi connectivity index (χ1n) is 6.06. The van der Waals surface area contributed by atoms with Crippen LogP contribution < -0.4 is 15.8 Å². The molecule has 0 aliphatic heterocycles. The van der Waals surface area contributed by atoms with Crippen LogP contribution in [-0.2, 0) is 10.0 Å². The van der Waals surface area contributed by atoms with Crippen molar-refractivity contribution in [3.63, 3.8) is 0 Å². The molecule has 20 heavy (non-hydrogen) atoms. The number of nitrogens with one attached hydrogen (secondary N) is 2. The summed E-state index contributed by atoms with van der Waals surface area (Å²) >= 11 is 0. The Morgan fingerprint density at radius 3 is 2.60 bits per heavy atom. The standard InChI is InChI=1S/C11H19N5O3S/c1-7(2)10-14-6-8(12)9(16-10)11(17)13-4-5-15-20(3,18)19/h6-7,15H,4-5,12H2,1-3H3,(H,13,17). The first-order chi connectivity index (χ1) is 9.20. The smallest absolute Gasteiger partial charge is 0.272 e. The van der Waals surface area contributed by atoms with Gasteiger partial charge < -0.3 is 11.1 Å². The predicted molar refractivity (Wildman–Crippen MR) is 75.7 cm³/mol. The Hall–Kier alpha value is -1.74. The lowest BCUT2D eigenvalue weighted by Crippen LogP contribution is -2.35. The molecular formula is C11H19N5O3S. The van der Waals surface area contributed by atoms with Crippen molar-refractivity contribution in [3.8, 4) is 0 Å². The van der Waals surface area contributed by atoms with Crippen LogP contribution in [0.25, 0.3) is 0 Å². The molecule has 0 aliphatic carbocycles. The SMILES string of the molecule is CC(C)c1ncc(N)c(C(=O)NCCNS(C)(=O)=O)n1. The van der Waals surface area contributed by atoms with Crippen molar-refractivity contribution in [3.05, 3.63) is 17.7 Å². The van der Waals surface area contributed by atoms with Crippen molar-refractivity contribution in [1.82, 2.24) is 20.0 Å². The summed E-state index contributed by atoms with van der Waals surface area (Å²) in [5, 5.41) is 2.54. The van der Waals surface area contributed by atoms with E-state index in [1.807, 2.05) is 13.8 Å². The zero-order chi connectivity index (χ0) is 15.3. The Bertz CT molecular complexity index is 586. The van der Waals surface area contributed by atoms with E-state index >= 15 is 0 Å². The van der Waals surface area contributed by atoms with Crippen molar-refractivity contribution < 1.29 is 13.2 Å². The maximum Gasteiger partial charge on any atom is 0.272 e. The van der Waals surface area contributed by atoms with Gasteiger partial charge in [0.25, 0.3) is 5.91 Å². The lowest BCUT2D eigenvalue weighted by atomic mass is 10.2. The molecule has 0 unspecified atom stereocenters. The Kier molecular flexibility index (Phi) is 5.40. The monoisotopic (exact) mass is 301 g/mol. The second-order valence-electron chi connectivity index (χ2n) is 4.61. The Morgan fingerprint density at radius 1 is 1.40 bits per heavy atom. The van der Waals surface area contributed by atoms with Crippen LogP contribution in [0.4, 0.5) is 5.69 Å². The molecule has 1 rings (SSSR count). The molecule has 4 N–H and O–H groups in total. The van der Waals surface area contributed by atoms with Crippen LogP contribution >= 0.6 is 0 Å². The van der Waals surface area contributed by atoms with E-state index in [-0.39, 0.29) is 30.4 Å². The van der Waals surface area contributed by atoms with E-state index in [4.69, 9.17) is 5.73 Å². The fourth-order valence-corrected chi connectivity index (χ4v) is 1.83. The maximum absolute atomic E-state index is 11.9. The molecule has 0 atom stereocenters. The summed E-state index contributed by atoms with van der Waals surface area (Å²) < 4.78 is 24.0. The van der Waals surface area contributed by atoms with E-state index in [2.05, 4.69) is 20.0 Å². The highest BCUT2D eigenvalue weighted by molar-refractivity contribution is 7.88. The number of hydrogen-bond donors (Lipinski definition) is 3. The number of nitrogens with zero attached hydrogens (tertiary/aromatic N) is 2. The number of carbonyl (C=O) groups is 1. The van der Waals surface area contributed by atoms with E-state index in [0.29, 0.717) is 5.82 Å². The molecule has 0 spiro atoms. The molecular weight excluding hydrogens is 282 g/mol. The number of carbonyl (C=O) groups excluding carboxylic acids is 1. The second-order valence-corrected chi connectivity index (χ2v) is 6.44. The van der Waals surface area contributed by atoms with E-state index < -0.39 is 15.9 Å². The number of hydrogen-bond acceptors (Lipinski definition) is 6. The zero-order valence-corrected chi connectivity index (χ0v) is 12.5. The van der Waals surface area contributed by atoms with E-state index in [1.54, 1.807) is 0 Å². The third kappa shape index (κ3) is 5.10. The van der Waals surface area contributed by atoms with Crippen molar-refractivity contribution in [2.45, 2.75) is 19.8 Å². The van der Waals surface area contributed by atoms with Crippen molar-refractivity contribution in [1.29, 1.82) is 0 Å². The van der Waals surface area contributed by atoms with E-state index in [0.717, 1.165) is 6.26 Å². The lowest BCUT2D eigenvalue weighted by molar-refractivity contribution is 0.0950. The molecule has 0 aromatic carbocycles. The summed E-state index contributed by atoms with van der Waals surface area (Å²) in [5.41, 5.74) is 5.95. The van der Waals surface area contributed by atoms with Gasteiger partial charge in [0, 0.05) is 19.0 Å². The first kappa shape index (κ1) is 16.3. The summed E-state index contributed by atoms with van der Waals surface area (Å²) in [4.78, 5) is 20.1. The van der Waals surface area contributed by atoms with Crippen LogP contribution in [0.3, 0.4) is 0 Å². The minimum Gasteiger partial charge on any atom is -0.396 e. The van der Waals surface area contributed by atoms with Crippen LogP contribution in [-0.4, -0.2) is 43.6 Å². The molecule has 0 fully saturated rings. The van der Waals surface area contributed by atoms with Crippen LogP contribution in [0.2, 0.25) is 0 Å². The highest BCUT2D eigenvalue weighted by Gasteiger charge is 2.14. The lowest BCUT2D eigenvalue weighted by Gasteiger charge is -2.09. The van der Waals surface area contributed by atoms with Gasteiger partial charge in [0.05, 0.1) is 18.1 Å². The minimum atomic E-state index is -3.26.